The van der Waals surface area contributed by atoms with Crippen molar-refractivity contribution in [3.8, 4) is 5.75 Å². The van der Waals surface area contributed by atoms with E-state index in [4.69, 9.17) is 4.74 Å². The molecule has 5 nitrogen and oxygen atoms in total. The van der Waals surface area contributed by atoms with Crippen molar-refractivity contribution in [2.45, 2.75) is 6.92 Å². The van der Waals surface area contributed by atoms with Crippen LogP contribution >= 0.6 is 0 Å². The Labute approximate surface area is 141 Å². The second kappa shape index (κ2) is 8.53. The molecule has 2 aromatic rings. The molecule has 0 aliphatic heterocycles. The molecule has 0 saturated carbocycles. The van der Waals surface area contributed by atoms with Gasteiger partial charge in [0.05, 0.1) is 6.61 Å². The molecule has 2 aromatic carbocycles. The first kappa shape index (κ1) is 17.3. The smallest absolute Gasteiger partial charge is 0.251 e. The van der Waals surface area contributed by atoms with Crippen LogP contribution in [0.15, 0.2) is 54.6 Å². The van der Waals surface area contributed by atoms with Gasteiger partial charge in [0.25, 0.3) is 5.91 Å². The van der Waals surface area contributed by atoms with Gasteiger partial charge in [-0.1, -0.05) is 18.2 Å². The summed E-state index contributed by atoms with van der Waals surface area (Å²) in [6.45, 7) is 2.48. The lowest BCUT2D eigenvalue weighted by molar-refractivity contribution is -0.111. The fourth-order valence-corrected chi connectivity index (χ4v) is 2.10. The van der Waals surface area contributed by atoms with Crippen LogP contribution in [0.25, 0.3) is 6.08 Å². The molecule has 0 aromatic heterocycles. The van der Waals surface area contributed by atoms with Gasteiger partial charge in [-0.15, -0.1) is 0 Å². The van der Waals surface area contributed by atoms with Crippen molar-refractivity contribution in [2.24, 2.45) is 0 Å². The normalized spacial score (nSPS) is 10.4. The molecule has 0 aliphatic carbocycles. The van der Waals surface area contributed by atoms with E-state index in [2.05, 4.69) is 10.6 Å². The molecule has 0 bridgehead atoms. The first-order valence-electron chi connectivity index (χ1n) is 7.67. The number of carbonyl (C=O) groups is 2. The maximum absolute atomic E-state index is 12.0. The van der Waals surface area contributed by atoms with Crippen molar-refractivity contribution in [3.63, 3.8) is 0 Å². The third-order valence-corrected chi connectivity index (χ3v) is 3.27. The number of anilines is 1. The summed E-state index contributed by atoms with van der Waals surface area (Å²) >= 11 is 0. The molecule has 124 valence electrons. The lowest BCUT2D eigenvalue weighted by Gasteiger charge is -2.06. The van der Waals surface area contributed by atoms with Gasteiger partial charge >= 0.3 is 0 Å². The topological polar surface area (TPSA) is 67.4 Å². The van der Waals surface area contributed by atoms with Gasteiger partial charge in [0.15, 0.2) is 0 Å². The molecule has 2 N–H and O–H groups in total. The summed E-state index contributed by atoms with van der Waals surface area (Å²) in [6.07, 6.45) is 3.16. The van der Waals surface area contributed by atoms with Crippen molar-refractivity contribution in [2.75, 3.05) is 19.0 Å². The van der Waals surface area contributed by atoms with Crippen LogP contribution in [0.1, 0.15) is 22.8 Å². The first-order chi connectivity index (χ1) is 11.6. The minimum atomic E-state index is -0.256. The Morgan fingerprint density at radius 1 is 1.08 bits per heavy atom. The zero-order valence-corrected chi connectivity index (χ0v) is 13.7. The highest BCUT2D eigenvalue weighted by Crippen LogP contribution is 2.19. The zero-order chi connectivity index (χ0) is 17.4. The van der Waals surface area contributed by atoms with Crippen molar-refractivity contribution >= 4 is 23.6 Å². The van der Waals surface area contributed by atoms with Crippen LogP contribution in [0.2, 0.25) is 0 Å². The summed E-state index contributed by atoms with van der Waals surface area (Å²) in [7, 11) is 1.57. The molecule has 0 heterocycles. The van der Waals surface area contributed by atoms with Crippen LogP contribution in [-0.2, 0) is 4.79 Å². The van der Waals surface area contributed by atoms with Crippen molar-refractivity contribution in [3.05, 3.63) is 65.7 Å². The molecule has 2 rings (SSSR count). The monoisotopic (exact) mass is 324 g/mol. The number of hydrogen-bond acceptors (Lipinski definition) is 3. The van der Waals surface area contributed by atoms with E-state index in [0.717, 1.165) is 11.3 Å². The fraction of sp³-hybridized carbons (Fsp3) is 0.158. The largest absolute Gasteiger partial charge is 0.493 e. The lowest BCUT2D eigenvalue weighted by atomic mass is 10.2. The fourth-order valence-electron chi connectivity index (χ4n) is 2.10. The second-order valence-corrected chi connectivity index (χ2v) is 4.95. The zero-order valence-electron chi connectivity index (χ0n) is 13.7. The van der Waals surface area contributed by atoms with Crippen LogP contribution in [0.3, 0.4) is 0 Å². The molecule has 5 heteroatoms. The second-order valence-electron chi connectivity index (χ2n) is 4.95. The summed E-state index contributed by atoms with van der Waals surface area (Å²) < 4.78 is 5.51. The number of benzene rings is 2. The van der Waals surface area contributed by atoms with Crippen LogP contribution in [0.5, 0.6) is 5.75 Å². The Bertz CT molecular complexity index is 737. The Balaban J connectivity index is 2.01. The maximum atomic E-state index is 12.0. The average Bonchev–Trinajstić information content (AvgIpc) is 2.61. The van der Waals surface area contributed by atoms with Gasteiger partial charge in [0.1, 0.15) is 5.75 Å². The van der Waals surface area contributed by atoms with Gasteiger partial charge in [-0.05, 0) is 43.3 Å². The van der Waals surface area contributed by atoms with Gasteiger partial charge in [-0.25, -0.2) is 0 Å². The summed E-state index contributed by atoms with van der Waals surface area (Å²) in [4.78, 5) is 23.5. The molecular formula is C19H20N2O3. The van der Waals surface area contributed by atoms with Gasteiger partial charge in [0, 0.05) is 29.9 Å². The lowest BCUT2D eigenvalue weighted by Crippen LogP contribution is -2.17. The number of carbonyl (C=O) groups excluding carboxylic acids is 2. The number of ether oxygens (including phenoxy) is 1. The molecule has 0 aliphatic rings. The minimum absolute atomic E-state index is 0.166. The quantitative estimate of drug-likeness (QED) is 0.802. The van der Waals surface area contributed by atoms with E-state index in [9.17, 15) is 9.59 Å². The third kappa shape index (κ3) is 4.71. The van der Waals surface area contributed by atoms with E-state index in [-0.39, 0.29) is 11.8 Å². The molecule has 2 amide bonds. The highest BCUT2D eigenvalue weighted by Gasteiger charge is 2.04. The Kier molecular flexibility index (Phi) is 6.14. The average molecular weight is 324 g/mol. The van der Waals surface area contributed by atoms with Crippen molar-refractivity contribution in [1.82, 2.24) is 5.32 Å². The molecule has 0 saturated heterocycles. The van der Waals surface area contributed by atoms with Gasteiger partial charge in [-0.3, -0.25) is 9.59 Å². The van der Waals surface area contributed by atoms with E-state index in [1.54, 1.807) is 37.4 Å². The molecule has 0 atom stereocenters. The van der Waals surface area contributed by atoms with Crippen LogP contribution in [0, 0.1) is 0 Å². The summed E-state index contributed by atoms with van der Waals surface area (Å²) in [6, 6.07) is 14.2. The standard InChI is InChI=1S/C19H20N2O3/c1-3-24-17-7-5-4-6-14(17)10-13-18(22)21-16-11-8-15(9-12-16)19(23)20-2/h4-13H,3H2,1-2H3,(H,20,23)(H,21,22)/b13-10+. The highest BCUT2D eigenvalue weighted by atomic mass is 16.5. The number of nitrogens with one attached hydrogen (secondary N) is 2. The molecule has 0 spiro atoms. The molecular weight excluding hydrogens is 304 g/mol. The van der Waals surface area contributed by atoms with E-state index in [1.807, 2.05) is 31.2 Å². The maximum Gasteiger partial charge on any atom is 0.251 e. The summed E-state index contributed by atoms with van der Waals surface area (Å²) in [5, 5.41) is 5.30. The van der Waals surface area contributed by atoms with E-state index in [0.29, 0.717) is 17.9 Å². The molecule has 24 heavy (non-hydrogen) atoms. The van der Waals surface area contributed by atoms with Gasteiger partial charge in [0.2, 0.25) is 5.91 Å². The number of hydrogen-bond donors (Lipinski definition) is 2. The van der Waals surface area contributed by atoms with Crippen LogP contribution < -0.4 is 15.4 Å². The van der Waals surface area contributed by atoms with Crippen molar-refractivity contribution < 1.29 is 14.3 Å². The number of rotatable bonds is 6. The van der Waals surface area contributed by atoms with Crippen LogP contribution in [0.4, 0.5) is 5.69 Å². The highest BCUT2D eigenvalue weighted by molar-refractivity contribution is 6.02. The van der Waals surface area contributed by atoms with Crippen LogP contribution in [-0.4, -0.2) is 25.5 Å². The van der Waals surface area contributed by atoms with E-state index < -0.39 is 0 Å². The van der Waals surface area contributed by atoms with Crippen molar-refractivity contribution in [1.29, 1.82) is 0 Å². The predicted octanol–water partition coefficient (Wildman–Crippen LogP) is 3.10. The SMILES string of the molecule is CCOc1ccccc1/C=C/C(=O)Nc1ccc(C(=O)NC)cc1. The first-order valence-corrected chi connectivity index (χ1v) is 7.67. The summed E-state index contributed by atoms with van der Waals surface area (Å²) in [5.41, 5.74) is 2.00. The third-order valence-electron chi connectivity index (χ3n) is 3.27. The molecule has 0 unspecified atom stereocenters. The number of para-hydroxylation sites is 1. The van der Waals surface area contributed by atoms with Gasteiger partial charge < -0.3 is 15.4 Å². The Morgan fingerprint density at radius 2 is 1.79 bits per heavy atom. The molecule has 0 fully saturated rings. The number of amides is 2. The van der Waals surface area contributed by atoms with Gasteiger partial charge in [-0.2, -0.15) is 0 Å². The van der Waals surface area contributed by atoms with E-state index >= 15 is 0 Å². The summed E-state index contributed by atoms with van der Waals surface area (Å²) in [5.74, 6) is 0.313. The molecule has 0 radical (unpaired) electrons. The Morgan fingerprint density at radius 3 is 2.46 bits per heavy atom. The Hall–Kier alpha value is -3.08. The predicted molar refractivity (Wildman–Crippen MR) is 95.1 cm³/mol. The van der Waals surface area contributed by atoms with E-state index in [1.165, 1.54) is 6.08 Å². The minimum Gasteiger partial charge on any atom is -0.493 e.